The quantitative estimate of drug-likeness (QED) is 0.492. The Morgan fingerprint density at radius 3 is 1.94 bits per heavy atom. The average molecular weight is 425 g/mol. The largest absolute Gasteiger partial charge is 0.336 e. The number of benzene rings is 3. The van der Waals surface area contributed by atoms with E-state index in [0.717, 1.165) is 13.1 Å². The molecule has 32 heavy (non-hydrogen) atoms. The first kappa shape index (κ1) is 20.1. The van der Waals surface area contributed by atoms with Crippen LogP contribution >= 0.6 is 0 Å². The highest BCUT2D eigenvalue weighted by atomic mass is 16.2. The minimum absolute atomic E-state index is 0.00622. The van der Waals surface area contributed by atoms with Gasteiger partial charge in [0.05, 0.1) is 17.3 Å². The zero-order valence-electron chi connectivity index (χ0n) is 17.7. The Labute approximate surface area is 186 Å². The molecule has 0 unspecified atom stereocenters. The first-order chi connectivity index (χ1) is 15.8. The van der Waals surface area contributed by atoms with Gasteiger partial charge in [-0.1, -0.05) is 72.8 Å². The van der Waals surface area contributed by atoms with E-state index < -0.39 is 0 Å². The standard InChI is InChI=1S/C25H24N6O/c32-25(22-13-7-8-14-23(22)31-19-26-27-28-31)30-17-15-29(16-18-30)24(20-9-3-1-4-10-20)21-11-5-2-6-12-21/h1-14,19,24H,15-18H2. The number of aromatic nitrogens is 4. The molecular weight excluding hydrogens is 400 g/mol. The lowest BCUT2D eigenvalue weighted by molar-refractivity contribution is 0.0597. The Balaban J connectivity index is 1.35. The molecule has 5 rings (SSSR count). The predicted octanol–water partition coefficient (Wildman–Crippen LogP) is 3.21. The molecule has 1 saturated heterocycles. The molecule has 2 heterocycles. The van der Waals surface area contributed by atoms with E-state index in [1.807, 2.05) is 41.3 Å². The monoisotopic (exact) mass is 424 g/mol. The number of piperazine rings is 1. The Morgan fingerprint density at radius 2 is 1.34 bits per heavy atom. The number of carbonyl (C=O) groups is 1. The van der Waals surface area contributed by atoms with Crippen molar-refractivity contribution in [2.45, 2.75) is 6.04 Å². The molecule has 4 aromatic rings. The van der Waals surface area contributed by atoms with Crippen LogP contribution < -0.4 is 0 Å². The predicted molar refractivity (Wildman–Crippen MR) is 121 cm³/mol. The molecule has 7 heteroatoms. The number of nitrogens with zero attached hydrogens (tertiary/aromatic N) is 6. The summed E-state index contributed by atoms with van der Waals surface area (Å²) in [5.41, 5.74) is 3.83. The summed E-state index contributed by atoms with van der Waals surface area (Å²) in [5, 5.41) is 11.4. The van der Waals surface area contributed by atoms with Crippen LogP contribution in [-0.2, 0) is 0 Å². The fraction of sp³-hybridized carbons (Fsp3) is 0.200. The highest BCUT2D eigenvalue weighted by Crippen LogP contribution is 2.29. The number of hydrogen-bond donors (Lipinski definition) is 0. The highest BCUT2D eigenvalue weighted by molar-refractivity contribution is 5.97. The van der Waals surface area contributed by atoms with Gasteiger partial charge in [0.2, 0.25) is 0 Å². The van der Waals surface area contributed by atoms with Gasteiger partial charge in [-0.25, -0.2) is 0 Å². The van der Waals surface area contributed by atoms with E-state index in [1.165, 1.54) is 22.1 Å². The third-order valence-electron chi connectivity index (χ3n) is 5.93. The molecule has 1 aliphatic rings. The summed E-state index contributed by atoms with van der Waals surface area (Å²) in [4.78, 5) is 17.7. The van der Waals surface area contributed by atoms with E-state index in [4.69, 9.17) is 0 Å². The average Bonchev–Trinajstić information content (AvgIpc) is 3.41. The third-order valence-corrected chi connectivity index (χ3v) is 5.93. The summed E-state index contributed by atoms with van der Waals surface area (Å²) in [6.07, 6.45) is 1.51. The van der Waals surface area contributed by atoms with Gasteiger partial charge < -0.3 is 4.90 Å². The highest BCUT2D eigenvalue weighted by Gasteiger charge is 2.29. The minimum Gasteiger partial charge on any atom is -0.336 e. The lowest BCUT2D eigenvalue weighted by Gasteiger charge is -2.40. The third kappa shape index (κ3) is 4.02. The van der Waals surface area contributed by atoms with Crippen LogP contribution in [0, 0.1) is 0 Å². The summed E-state index contributed by atoms with van der Waals surface area (Å²) in [5.74, 6) is 0.00622. The van der Waals surface area contributed by atoms with E-state index in [0.29, 0.717) is 24.3 Å². The number of rotatable bonds is 5. The van der Waals surface area contributed by atoms with Crippen LogP contribution in [0.15, 0.2) is 91.3 Å². The lowest BCUT2D eigenvalue weighted by atomic mass is 9.96. The smallest absolute Gasteiger partial charge is 0.256 e. The maximum absolute atomic E-state index is 13.4. The van der Waals surface area contributed by atoms with Gasteiger partial charge in [-0.3, -0.25) is 9.69 Å². The normalized spacial score (nSPS) is 14.6. The molecule has 0 saturated carbocycles. The van der Waals surface area contributed by atoms with E-state index >= 15 is 0 Å². The summed E-state index contributed by atoms with van der Waals surface area (Å²) in [6, 6.07) is 28.8. The number of tetrazole rings is 1. The molecule has 0 spiro atoms. The Kier molecular flexibility index (Phi) is 5.72. The summed E-state index contributed by atoms with van der Waals surface area (Å²) in [7, 11) is 0. The fourth-order valence-corrected chi connectivity index (χ4v) is 4.36. The van der Waals surface area contributed by atoms with Crippen molar-refractivity contribution in [2.75, 3.05) is 26.2 Å². The van der Waals surface area contributed by atoms with Crippen LogP contribution in [0.25, 0.3) is 5.69 Å². The molecule has 7 nitrogen and oxygen atoms in total. The van der Waals surface area contributed by atoms with E-state index in [2.05, 4.69) is 69.0 Å². The van der Waals surface area contributed by atoms with Crippen molar-refractivity contribution in [3.8, 4) is 5.69 Å². The van der Waals surface area contributed by atoms with E-state index in [9.17, 15) is 4.79 Å². The van der Waals surface area contributed by atoms with Crippen LogP contribution in [0.2, 0.25) is 0 Å². The van der Waals surface area contributed by atoms with Gasteiger partial charge in [0.1, 0.15) is 6.33 Å². The van der Waals surface area contributed by atoms with Gasteiger partial charge in [0.25, 0.3) is 5.91 Å². The second-order valence-corrected chi connectivity index (χ2v) is 7.82. The van der Waals surface area contributed by atoms with Gasteiger partial charge in [-0.15, -0.1) is 5.10 Å². The summed E-state index contributed by atoms with van der Waals surface area (Å²) < 4.78 is 1.53. The maximum atomic E-state index is 13.4. The van der Waals surface area contributed by atoms with E-state index in [-0.39, 0.29) is 11.9 Å². The Bertz CT molecular complexity index is 1120. The zero-order chi connectivity index (χ0) is 21.8. The molecule has 1 aliphatic heterocycles. The molecule has 1 fully saturated rings. The van der Waals surface area contributed by atoms with Crippen LogP contribution in [0.4, 0.5) is 0 Å². The van der Waals surface area contributed by atoms with Crippen LogP contribution in [0.5, 0.6) is 0 Å². The van der Waals surface area contributed by atoms with E-state index in [1.54, 1.807) is 0 Å². The molecule has 1 aromatic heterocycles. The molecule has 3 aromatic carbocycles. The van der Waals surface area contributed by atoms with Crippen molar-refractivity contribution in [3.05, 3.63) is 108 Å². The van der Waals surface area contributed by atoms with Crippen LogP contribution in [0.1, 0.15) is 27.5 Å². The summed E-state index contributed by atoms with van der Waals surface area (Å²) >= 11 is 0. The number of hydrogen-bond acceptors (Lipinski definition) is 5. The fourth-order valence-electron chi connectivity index (χ4n) is 4.36. The number of carbonyl (C=O) groups excluding carboxylic acids is 1. The lowest BCUT2D eigenvalue weighted by Crippen LogP contribution is -2.50. The molecule has 0 N–H and O–H groups in total. The van der Waals surface area contributed by atoms with Crippen molar-refractivity contribution in [3.63, 3.8) is 0 Å². The minimum atomic E-state index is 0.00622. The molecule has 1 amide bonds. The van der Waals surface area contributed by atoms with Crippen LogP contribution in [-0.4, -0.2) is 62.1 Å². The second kappa shape index (κ2) is 9.11. The van der Waals surface area contributed by atoms with Crippen molar-refractivity contribution in [2.24, 2.45) is 0 Å². The molecule has 0 aliphatic carbocycles. The number of para-hydroxylation sites is 1. The van der Waals surface area contributed by atoms with Gasteiger partial charge in [0, 0.05) is 26.2 Å². The van der Waals surface area contributed by atoms with Crippen molar-refractivity contribution in [1.29, 1.82) is 0 Å². The van der Waals surface area contributed by atoms with Crippen LogP contribution in [0.3, 0.4) is 0 Å². The molecule has 160 valence electrons. The van der Waals surface area contributed by atoms with Gasteiger partial charge >= 0.3 is 0 Å². The maximum Gasteiger partial charge on any atom is 0.256 e. The molecular formula is C25H24N6O. The number of amides is 1. The van der Waals surface area contributed by atoms with Gasteiger partial charge in [-0.05, 0) is 33.7 Å². The topological polar surface area (TPSA) is 67.2 Å². The Hall–Kier alpha value is -3.84. The van der Waals surface area contributed by atoms with Gasteiger partial charge in [-0.2, -0.15) is 4.68 Å². The molecule has 0 radical (unpaired) electrons. The Morgan fingerprint density at radius 1 is 0.750 bits per heavy atom. The molecule has 0 atom stereocenters. The van der Waals surface area contributed by atoms with Crippen molar-refractivity contribution >= 4 is 5.91 Å². The first-order valence-electron chi connectivity index (χ1n) is 10.8. The van der Waals surface area contributed by atoms with Gasteiger partial charge in [0.15, 0.2) is 0 Å². The summed E-state index contributed by atoms with van der Waals surface area (Å²) in [6.45, 7) is 2.93. The van der Waals surface area contributed by atoms with Crippen molar-refractivity contribution < 1.29 is 4.79 Å². The first-order valence-corrected chi connectivity index (χ1v) is 10.8. The molecule has 0 bridgehead atoms. The zero-order valence-corrected chi connectivity index (χ0v) is 17.7. The van der Waals surface area contributed by atoms with Crippen molar-refractivity contribution in [1.82, 2.24) is 30.0 Å². The SMILES string of the molecule is O=C(c1ccccc1-n1cnnn1)N1CCN(C(c2ccccc2)c2ccccc2)CC1. The second-order valence-electron chi connectivity index (χ2n) is 7.82.